The lowest BCUT2D eigenvalue weighted by molar-refractivity contribution is 0.0951. The molecule has 1 fully saturated rings. The highest BCUT2D eigenvalue weighted by Gasteiger charge is 2.23. The third-order valence-corrected chi connectivity index (χ3v) is 4.09. The second-order valence-corrected chi connectivity index (χ2v) is 6.43. The molecule has 138 valence electrons. The molecule has 1 saturated carbocycles. The van der Waals surface area contributed by atoms with E-state index in [1.165, 1.54) is 0 Å². The highest BCUT2D eigenvalue weighted by atomic mass is 16.1. The highest BCUT2D eigenvalue weighted by Crippen LogP contribution is 2.19. The zero-order valence-corrected chi connectivity index (χ0v) is 15.0. The number of nitrogens with two attached hydrogens (primary N) is 1. The summed E-state index contributed by atoms with van der Waals surface area (Å²) in [4.78, 5) is 24.5. The van der Waals surface area contributed by atoms with Crippen LogP contribution < -0.4 is 16.4 Å². The summed E-state index contributed by atoms with van der Waals surface area (Å²) in [5, 5.41) is 6.04. The van der Waals surface area contributed by atoms with Gasteiger partial charge < -0.3 is 16.4 Å². The Labute approximate surface area is 162 Å². The number of amides is 1. The number of benzene rings is 1. The van der Waals surface area contributed by atoms with Crippen LogP contribution in [0.25, 0.3) is 0 Å². The van der Waals surface area contributed by atoms with Crippen molar-refractivity contribution in [1.29, 1.82) is 0 Å². The van der Waals surface area contributed by atoms with Crippen LogP contribution in [0.3, 0.4) is 0 Å². The average molecular weight is 370 g/mol. The first-order valence-corrected chi connectivity index (χ1v) is 8.90. The summed E-state index contributed by atoms with van der Waals surface area (Å²) in [7, 11) is 0. The third-order valence-electron chi connectivity index (χ3n) is 4.09. The van der Waals surface area contributed by atoms with Crippen LogP contribution in [0.15, 0.2) is 54.9 Å². The first-order chi connectivity index (χ1) is 13.7. The number of nitrogens with zero attached hydrogens (tertiary/aromatic N) is 3. The summed E-state index contributed by atoms with van der Waals surface area (Å²) < 4.78 is 0. The minimum atomic E-state index is -0.0767. The van der Waals surface area contributed by atoms with Gasteiger partial charge in [-0.2, -0.15) is 4.98 Å². The van der Waals surface area contributed by atoms with Crippen LogP contribution in [0.5, 0.6) is 0 Å². The van der Waals surface area contributed by atoms with Gasteiger partial charge in [-0.1, -0.05) is 5.92 Å². The molecule has 0 atom stereocenters. The van der Waals surface area contributed by atoms with Crippen LogP contribution in [0.4, 0.5) is 17.5 Å². The topological polar surface area (TPSA) is 106 Å². The number of carbonyl (C=O) groups is 1. The van der Waals surface area contributed by atoms with E-state index >= 15 is 0 Å². The van der Waals surface area contributed by atoms with Crippen LogP contribution in [0.1, 0.15) is 34.5 Å². The van der Waals surface area contributed by atoms with Gasteiger partial charge in [0.25, 0.3) is 5.91 Å². The first kappa shape index (κ1) is 17.5. The number of hydrogen-bond acceptors (Lipinski definition) is 6. The first-order valence-electron chi connectivity index (χ1n) is 8.90. The van der Waals surface area contributed by atoms with E-state index in [0.717, 1.165) is 24.1 Å². The van der Waals surface area contributed by atoms with Crippen molar-refractivity contribution >= 4 is 23.4 Å². The predicted molar refractivity (Wildman–Crippen MR) is 107 cm³/mol. The molecule has 1 aromatic carbocycles. The fraction of sp³-hybridized carbons (Fsp3) is 0.143. The number of rotatable bonds is 4. The van der Waals surface area contributed by atoms with Gasteiger partial charge in [0.15, 0.2) is 0 Å². The third kappa shape index (κ3) is 4.62. The summed E-state index contributed by atoms with van der Waals surface area (Å²) in [5.74, 6) is 6.82. The van der Waals surface area contributed by atoms with Crippen molar-refractivity contribution in [3.05, 3.63) is 71.7 Å². The van der Waals surface area contributed by atoms with E-state index in [4.69, 9.17) is 5.73 Å². The number of anilines is 3. The molecule has 0 unspecified atom stereocenters. The Morgan fingerprint density at radius 1 is 1.04 bits per heavy atom. The number of nitrogens with one attached hydrogen (secondary N) is 2. The summed E-state index contributed by atoms with van der Waals surface area (Å²) in [6, 6.07) is 12.9. The Kier molecular flexibility index (Phi) is 4.85. The van der Waals surface area contributed by atoms with Crippen LogP contribution >= 0.6 is 0 Å². The SMILES string of the molecule is Nc1ccnc(Nc2ccc(C#Cc3cc(C(=O)NC4CC4)ccn3)cc2)n1. The van der Waals surface area contributed by atoms with E-state index in [-0.39, 0.29) is 5.91 Å². The number of aromatic nitrogens is 3. The van der Waals surface area contributed by atoms with Gasteiger partial charge in [-0.25, -0.2) is 9.97 Å². The Bertz CT molecular complexity index is 1060. The molecule has 2 aromatic heterocycles. The van der Waals surface area contributed by atoms with Gasteiger partial charge in [0, 0.05) is 35.2 Å². The second-order valence-electron chi connectivity index (χ2n) is 6.43. The fourth-order valence-corrected chi connectivity index (χ4v) is 2.47. The maximum atomic E-state index is 12.1. The monoisotopic (exact) mass is 370 g/mol. The minimum Gasteiger partial charge on any atom is -0.384 e. The molecule has 4 N–H and O–H groups in total. The summed E-state index contributed by atoms with van der Waals surface area (Å²) in [6.45, 7) is 0. The van der Waals surface area contributed by atoms with Crippen molar-refractivity contribution in [3.63, 3.8) is 0 Å². The van der Waals surface area contributed by atoms with Gasteiger partial charge >= 0.3 is 0 Å². The van der Waals surface area contributed by atoms with E-state index in [0.29, 0.717) is 29.1 Å². The fourth-order valence-electron chi connectivity index (χ4n) is 2.47. The molecule has 0 radical (unpaired) electrons. The van der Waals surface area contributed by atoms with E-state index < -0.39 is 0 Å². The van der Waals surface area contributed by atoms with Crippen molar-refractivity contribution in [1.82, 2.24) is 20.3 Å². The predicted octanol–water partition coefficient (Wildman–Crippen LogP) is 2.49. The lowest BCUT2D eigenvalue weighted by atomic mass is 10.2. The molecule has 0 spiro atoms. The molecule has 2 heterocycles. The van der Waals surface area contributed by atoms with Crippen molar-refractivity contribution in [2.75, 3.05) is 11.1 Å². The number of carbonyl (C=O) groups excluding carboxylic acids is 1. The van der Waals surface area contributed by atoms with Crippen LogP contribution in [-0.2, 0) is 0 Å². The van der Waals surface area contributed by atoms with Gasteiger partial charge in [0.2, 0.25) is 5.95 Å². The summed E-state index contributed by atoms with van der Waals surface area (Å²) >= 11 is 0. The van der Waals surface area contributed by atoms with Crippen molar-refractivity contribution in [2.24, 2.45) is 0 Å². The Morgan fingerprint density at radius 3 is 2.57 bits per heavy atom. The second kappa shape index (κ2) is 7.76. The number of pyridine rings is 1. The average Bonchev–Trinajstić information content (AvgIpc) is 3.52. The quantitative estimate of drug-likeness (QED) is 0.609. The molecule has 1 amide bonds. The molecule has 7 nitrogen and oxygen atoms in total. The minimum absolute atomic E-state index is 0.0767. The molecule has 0 aliphatic heterocycles. The standard InChI is InChI=1S/C21H18N6O/c22-19-10-12-24-21(27-19)26-17-4-1-14(2-5-17)3-6-18-13-15(9-11-23-18)20(28)25-16-7-8-16/h1-2,4-5,9-13,16H,7-8H2,(H,25,28)(H3,22,24,26,27). The van der Waals surface area contributed by atoms with E-state index in [9.17, 15) is 4.79 Å². The Morgan fingerprint density at radius 2 is 1.82 bits per heavy atom. The molecule has 1 aliphatic carbocycles. The van der Waals surface area contributed by atoms with Crippen molar-refractivity contribution in [3.8, 4) is 11.8 Å². The highest BCUT2D eigenvalue weighted by molar-refractivity contribution is 5.94. The maximum absolute atomic E-state index is 12.1. The van der Waals surface area contributed by atoms with Gasteiger partial charge in [0.1, 0.15) is 11.5 Å². The Balaban J connectivity index is 1.43. The molecule has 0 bridgehead atoms. The number of hydrogen-bond donors (Lipinski definition) is 3. The molecule has 7 heteroatoms. The van der Waals surface area contributed by atoms with Gasteiger partial charge in [0.05, 0.1) is 0 Å². The maximum Gasteiger partial charge on any atom is 0.251 e. The van der Waals surface area contributed by atoms with E-state index in [1.807, 2.05) is 24.3 Å². The molecule has 28 heavy (non-hydrogen) atoms. The lowest BCUT2D eigenvalue weighted by Gasteiger charge is -2.04. The zero-order chi connectivity index (χ0) is 19.3. The molecule has 4 rings (SSSR count). The molecular weight excluding hydrogens is 352 g/mol. The normalized spacial score (nSPS) is 12.6. The van der Waals surface area contributed by atoms with Crippen molar-refractivity contribution in [2.45, 2.75) is 18.9 Å². The smallest absolute Gasteiger partial charge is 0.251 e. The zero-order valence-electron chi connectivity index (χ0n) is 15.0. The largest absolute Gasteiger partial charge is 0.384 e. The molecule has 0 saturated heterocycles. The molecular formula is C21H18N6O. The Hall–Kier alpha value is -3.92. The van der Waals surface area contributed by atoms with Gasteiger partial charge in [-0.15, -0.1) is 0 Å². The summed E-state index contributed by atoms with van der Waals surface area (Å²) in [5.41, 5.74) is 8.43. The van der Waals surface area contributed by atoms with Crippen LogP contribution in [0, 0.1) is 11.8 Å². The molecule has 1 aliphatic rings. The van der Waals surface area contributed by atoms with Crippen LogP contribution in [-0.4, -0.2) is 26.9 Å². The van der Waals surface area contributed by atoms with Gasteiger partial charge in [-0.05, 0) is 61.2 Å². The van der Waals surface area contributed by atoms with Crippen LogP contribution in [0.2, 0.25) is 0 Å². The van der Waals surface area contributed by atoms with Gasteiger partial charge in [-0.3, -0.25) is 4.79 Å². The number of nitrogen functional groups attached to an aromatic ring is 1. The molecule has 3 aromatic rings. The van der Waals surface area contributed by atoms with Crippen molar-refractivity contribution < 1.29 is 4.79 Å². The van der Waals surface area contributed by atoms with E-state index in [2.05, 4.69) is 37.4 Å². The van der Waals surface area contributed by atoms with E-state index in [1.54, 1.807) is 30.6 Å². The lowest BCUT2D eigenvalue weighted by Crippen LogP contribution is -2.25. The summed E-state index contributed by atoms with van der Waals surface area (Å²) in [6.07, 6.45) is 5.30.